The predicted octanol–water partition coefficient (Wildman–Crippen LogP) is 3.01. The fraction of sp³-hybridized carbons (Fsp3) is 0. The molecule has 0 N–H and O–H groups in total. The predicted molar refractivity (Wildman–Crippen MR) is 54.3 cm³/mol. The molecule has 3 nitrogen and oxygen atoms in total. The van der Waals surface area contributed by atoms with Crippen LogP contribution in [0.25, 0.3) is 10.8 Å². The number of furan rings is 1. The first-order chi connectivity index (χ1) is 6.50. The van der Waals surface area contributed by atoms with Crippen LogP contribution in [0.1, 0.15) is 0 Å². The second-order valence-corrected chi connectivity index (χ2v) is 5.60. The van der Waals surface area contributed by atoms with Gasteiger partial charge in [0.25, 0.3) is 9.05 Å². The summed E-state index contributed by atoms with van der Waals surface area (Å²) in [6, 6.07) is 3.13. The van der Waals surface area contributed by atoms with Crippen LogP contribution in [0.3, 0.4) is 0 Å². The van der Waals surface area contributed by atoms with Crippen LogP contribution in [0.4, 0.5) is 0 Å². The Bertz CT molecular complexity index is 586. The minimum atomic E-state index is -3.85. The second-order valence-electron chi connectivity index (χ2n) is 2.69. The molecule has 0 saturated heterocycles. The molecule has 0 aliphatic rings. The first kappa shape index (κ1) is 9.83. The monoisotopic (exact) mass is 250 g/mol. The van der Waals surface area contributed by atoms with E-state index in [9.17, 15) is 8.42 Å². The summed E-state index contributed by atoms with van der Waals surface area (Å²) in [5.41, 5.74) is 0. The van der Waals surface area contributed by atoms with Gasteiger partial charge in [0.15, 0.2) is 0 Å². The summed E-state index contributed by atoms with van der Waals surface area (Å²) < 4.78 is 27.3. The zero-order valence-electron chi connectivity index (χ0n) is 6.70. The number of rotatable bonds is 1. The molecule has 2 aromatic rings. The van der Waals surface area contributed by atoms with Crippen LogP contribution in [0.5, 0.6) is 0 Å². The molecular weight excluding hydrogens is 247 g/mol. The zero-order chi connectivity index (χ0) is 10.3. The van der Waals surface area contributed by atoms with Gasteiger partial charge in [-0.05, 0) is 12.1 Å². The Hall–Kier alpha value is -0.710. The SMILES string of the molecule is O=S(=O)(Cl)c1c(Cl)ccc2cocc12. The van der Waals surface area contributed by atoms with Gasteiger partial charge in [0.1, 0.15) is 4.90 Å². The van der Waals surface area contributed by atoms with E-state index in [4.69, 9.17) is 26.7 Å². The van der Waals surface area contributed by atoms with Crippen LogP contribution in [-0.4, -0.2) is 8.42 Å². The smallest absolute Gasteiger partial charge is 0.263 e. The highest BCUT2D eigenvalue weighted by Gasteiger charge is 2.19. The summed E-state index contributed by atoms with van der Waals surface area (Å²) in [4.78, 5) is -0.105. The van der Waals surface area contributed by atoms with Gasteiger partial charge in [-0.25, -0.2) is 8.42 Å². The summed E-state index contributed by atoms with van der Waals surface area (Å²) >= 11 is 5.74. The molecule has 14 heavy (non-hydrogen) atoms. The quantitative estimate of drug-likeness (QED) is 0.732. The highest BCUT2D eigenvalue weighted by atomic mass is 35.7. The van der Waals surface area contributed by atoms with E-state index in [0.717, 1.165) is 0 Å². The average Bonchev–Trinajstić information content (AvgIpc) is 2.48. The summed E-state index contributed by atoms with van der Waals surface area (Å²) in [5.74, 6) is 0. The van der Waals surface area contributed by atoms with Crippen molar-refractivity contribution in [2.45, 2.75) is 4.90 Å². The van der Waals surface area contributed by atoms with Crippen LogP contribution < -0.4 is 0 Å². The maximum Gasteiger partial charge on any atom is 0.263 e. The van der Waals surface area contributed by atoms with Crippen LogP contribution in [0.15, 0.2) is 34.0 Å². The van der Waals surface area contributed by atoms with Gasteiger partial charge in [0.05, 0.1) is 17.5 Å². The van der Waals surface area contributed by atoms with Gasteiger partial charge in [-0.3, -0.25) is 0 Å². The second kappa shape index (κ2) is 3.15. The van der Waals surface area contributed by atoms with Gasteiger partial charge in [-0.2, -0.15) is 0 Å². The van der Waals surface area contributed by atoms with Crippen molar-refractivity contribution in [2.24, 2.45) is 0 Å². The molecule has 1 aromatic carbocycles. The van der Waals surface area contributed by atoms with Gasteiger partial charge < -0.3 is 4.42 Å². The van der Waals surface area contributed by atoms with E-state index in [1.807, 2.05) is 0 Å². The van der Waals surface area contributed by atoms with Crippen molar-refractivity contribution in [3.8, 4) is 0 Å². The molecule has 2 rings (SSSR count). The van der Waals surface area contributed by atoms with E-state index in [1.165, 1.54) is 18.6 Å². The highest BCUT2D eigenvalue weighted by molar-refractivity contribution is 8.14. The van der Waals surface area contributed by atoms with Crippen LogP contribution in [-0.2, 0) is 9.05 Å². The van der Waals surface area contributed by atoms with E-state index < -0.39 is 9.05 Å². The van der Waals surface area contributed by atoms with Crippen molar-refractivity contribution < 1.29 is 12.8 Å². The number of halogens is 2. The summed E-state index contributed by atoms with van der Waals surface area (Å²) in [6.45, 7) is 0. The molecule has 0 aliphatic carbocycles. The molecule has 0 atom stereocenters. The topological polar surface area (TPSA) is 47.3 Å². The first-order valence-electron chi connectivity index (χ1n) is 3.59. The Morgan fingerprint density at radius 1 is 1.21 bits per heavy atom. The van der Waals surface area contributed by atoms with E-state index >= 15 is 0 Å². The molecule has 0 saturated carbocycles. The van der Waals surface area contributed by atoms with Crippen LogP contribution >= 0.6 is 22.3 Å². The Morgan fingerprint density at radius 3 is 2.57 bits per heavy atom. The van der Waals surface area contributed by atoms with Gasteiger partial charge in [0, 0.05) is 21.5 Å². The minimum absolute atomic E-state index is 0.0916. The number of hydrogen-bond donors (Lipinski definition) is 0. The maximum absolute atomic E-state index is 11.2. The Kier molecular flexibility index (Phi) is 2.21. The lowest BCUT2D eigenvalue weighted by Crippen LogP contribution is -1.92. The van der Waals surface area contributed by atoms with E-state index in [1.54, 1.807) is 6.07 Å². The Balaban J connectivity index is 2.98. The van der Waals surface area contributed by atoms with Crippen molar-refractivity contribution in [3.63, 3.8) is 0 Å². The molecular formula is C8H4Cl2O3S. The van der Waals surface area contributed by atoms with E-state index in [-0.39, 0.29) is 9.92 Å². The lowest BCUT2D eigenvalue weighted by Gasteiger charge is -2.00. The zero-order valence-corrected chi connectivity index (χ0v) is 9.03. The standard InChI is InChI=1S/C8H4Cl2O3S/c9-7-2-1-5-3-13-4-6(5)8(7)14(10,11)12/h1-4H. The molecule has 1 aromatic heterocycles. The fourth-order valence-corrected chi connectivity index (χ4v) is 3.05. The molecule has 0 radical (unpaired) electrons. The highest BCUT2D eigenvalue weighted by Crippen LogP contribution is 2.32. The maximum atomic E-state index is 11.2. The molecule has 0 amide bonds. The summed E-state index contributed by atoms with van der Waals surface area (Å²) in [5, 5.41) is 1.13. The lowest BCUT2D eigenvalue weighted by molar-refractivity contribution is 0.571. The third-order valence-corrected chi connectivity index (χ3v) is 3.62. The van der Waals surface area contributed by atoms with Crippen molar-refractivity contribution in [2.75, 3.05) is 0 Å². The van der Waals surface area contributed by atoms with Crippen LogP contribution in [0.2, 0.25) is 5.02 Å². The molecule has 0 unspecified atom stereocenters. The van der Waals surface area contributed by atoms with E-state index in [2.05, 4.69) is 0 Å². The normalized spacial score (nSPS) is 12.1. The summed E-state index contributed by atoms with van der Waals surface area (Å²) in [7, 11) is 1.40. The molecule has 0 aliphatic heterocycles. The molecule has 1 heterocycles. The van der Waals surface area contributed by atoms with Crippen molar-refractivity contribution in [1.82, 2.24) is 0 Å². The Morgan fingerprint density at radius 2 is 1.93 bits per heavy atom. The minimum Gasteiger partial charge on any atom is -0.471 e. The fourth-order valence-electron chi connectivity index (χ4n) is 1.24. The third kappa shape index (κ3) is 1.49. The number of hydrogen-bond acceptors (Lipinski definition) is 3. The van der Waals surface area contributed by atoms with Crippen molar-refractivity contribution in [1.29, 1.82) is 0 Å². The van der Waals surface area contributed by atoms with Crippen molar-refractivity contribution in [3.05, 3.63) is 29.7 Å². The van der Waals surface area contributed by atoms with Crippen LogP contribution in [0, 0.1) is 0 Å². The number of fused-ring (bicyclic) bond motifs is 1. The van der Waals surface area contributed by atoms with Crippen molar-refractivity contribution >= 4 is 42.1 Å². The average molecular weight is 251 g/mol. The molecule has 0 bridgehead atoms. The Labute approximate surface area is 89.6 Å². The molecule has 0 fully saturated rings. The number of benzene rings is 1. The summed E-state index contributed by atoms with van der Waals surface area (Å²) in [6.07, 6.45) is 2.73. The van der Waals surface area contributed by atoms with E-state index in [0.29, 0.717) is 10.8 Å². The first-order valence-corrected chi connectivity index (χ1v) is 6.28. The molecule has 6 heteroatoms. The lowest BCUT2D eigenvalue weighted by atomic mass is 10.2. The van der Waals surface area contributed by atoms with Gasteiger partial charge in [-0.1, -0.05) is 11.6 Å². The third-order valence-electron chi connectivity index (χ3n) is 1.81. The van der Waals surface area contributed by atoms with Gasteiger partial charge in [0.2, 0.25) is 0 Å². The molecule has 74 valence electrons. The largest absolute Gasteiger partial charge is 0.471 e. The van der Waals surface area contributed by atoms with Gasteiger partial charge in [-0.15, -0.1) is 0 Å². The van der Waals surface area contributed by atoms with Gasteiger partial charge >= 0.3 is 0 Å². The molecule has 0 spiro atoms.